The minimum Gasteiger partial charge on any atom is -0.302 e. The summed E-state index contributed by atoms with van der Waals surface area (Å²) < 4.78 is 1.02. The largest absolute Gasteiger partial charge is 0.302 e. The number of carbonyl (C=O) groups is 1. The van der Waals surface area contributed by atoms with Crippen LogP contribution in [0.25, 0.3) is 0 Å². The van der Waals surface area contributed by atoms with E-state index in [1.807, 2.05) is 29.6 Å². The number of rotatable bonds is 5. The maximum Gasteiger partial charge on any atom is 0.230 e. The first-order valence-corrected chi connectivity index (χ1v) is 9.57. The minimum atomic E-state index is -0.0220. The number of hydrogen-bond donors (Lipinski definition) is 1. The van der Waals surface area contributed by atoms with Gasteiger partial charge in [-0.15, -0.1) is 11.3 Å². The molecule has 0 bridgehead atoms. The van der Waals surface area contributed by atoms with Crippen molar-refractivity contribution in [3.8, 4) is 0 Å². The summed E-state index contributed by atoms with van der Waals surface area (Å²) in [5.41, 5.74) is 2.05. The van der Waals surface area contributed by atoms with E-state index in [1.165, 1.54) is 30.6 Å². The number of nitrogens with one attached hydrogen (secondary N) is 1. The molecule has 0 unspecified atom stereocenters. The van der Waals surface area contributed by atoms with Crippen molar-refractivity contribution in [3.05, 3.63) is 45.4 Å². The van der Waals surface area contributed by atoms with Gasteiger partial charge in [-0.25, -0.2) is 4.98 Å². The van der Waals surface area contributed by atoms with E-state index in [0.29, 0.717) is 11.6 Å². The van der Waals surface area contributed by atoms with Gasteiger partial charge in [-0.2, -0.15) is 0 Å². The van der Waals surface area contributed by atoms with Gasteiger partial charge in [0.05, 0.1) is 12.1 Å². The number of benzene rings is 1. The molecule has 0 spiro atoms. The van der Waals surface area contributed by atoms with Crippen LogP contribution in [-0.4, -0.2) is 28.9 Å². The quantitative estimate of drug-likeness (QED) is 0.832. The van der Waals surface area contributed by atoms with Crippen LogP contribution in [-0.2, 0) is 17.8 Å². The molecule has 0 atom stereocenters. The predicted octanol–water partition coefficient (Wildman–Crippen LogP) is 4.07. The highest BCUT2D eigenvalue weighted by atomic mass is 79.9. The van der Waals surface area contributed by atoms with E-state index < -0.39 is 0 Å². The number of hydrogen-bond acceptors (Lipinski definition) is 4. The van der Waals surface area contributed by atoms with Gasteiger partial charge >= 0.3 is 0 Å². The van der Waals surface area contributed by atoms with Gasteiger partial charge in [0, 0.05) is 16.4 Å². The second-order valence-corrected chi connectivity index (χ2v) is 7.61. The Bertz CT molecular complexity index is 650. The molecule has 23 heavy (non-hydrogen) atoms. The lowest BCUT2D eigenvalue weighted by Gasteiger charge is -2.25. The van der Waals surface area contributed by atoms with E-state index >= 15 is 0 Å². The number of nitrogens with zero attached hydrogens (tertiary/aromatic N) is 2. The van der Waals surface area contributed by atoms with E-state index in [-0.39, 0.29) is 5.91 Å². The Kier molecular flexibility index (Phi) is 5.80. The SMILES string of the molecule is O=C(Cc1ccc(Br)cc1)Nc1nc(CN2CCCCC2)cs1. The molecule has 1 aromatic carbocycles. The Labute approximate surface area is 149 Å². The van der Waals surface area contributed by atoms with Gasteiger partial charge in [-0.05, 0) is 43.6 Å². The summed E-state index contributed by atoms with van der Waals surface area (Å²) >= 11 is 4.90. The highest BCUT2D eigenvalue weighted by Crippen LogP contribution is 2.19. The number of piperidine rings is 1. The molecule has 1 N–H and O–H groups in total. The van der Waals surface area contributed by atoms with Crippen molar-refractivity contribution in [2.24, 2.45) is 0 Å². The fourth-order valence-electron chi connectivity index (χ4n) is 2.73. The average molecular weight is 394 g/mol. The van der Waals surface area contributed by atoms with Crippen LogP contribution in [0.2, 0.25) is 0 Å². The molecule has 2 aromatic rings. The summed E-state index contributed by atoms with van der Waals surface area (Å²) in [6.07, 6.45) is 4.26. The predicted molar refractivity (Wildman–Crippen MR) is 97.7 cm³/mol. The van der Waals surface area contributed by atoms with Crippen molar-refractivity contribution < 1.29 is 4.79 Å². The van der Waals surface area contributed by atoms with Gasteiger partial charge in [0.1, 0.15) is 0 Å². The molecule has 1 saturated heterocycles. The fourth-order valence-corrected chi connectivity index (χ4v) is 3.72. The van der Waals surface area contributed by atoms with Crippen LogP contribution in [0, 0.1) is 0 Å². The molecule has 1 aliphatic rings. The van der Waals surface area contributed by atoms with Crippen LogP contribution in [0.5, 0.6) is 0 Å². The Morgan fingerprint density at radius 3 is 2.70 bits per heavy atom. The Morgan fingerprint density at radius 1 is 1.22 bits per heavy atom. The second kappa shape index (κ2) is 8.04. The zero-order chi connectivity index (χ0) is 16.1. The first-order chi connectivity index (χ1) is 11.2. The van der Waals surface area contributed by atoms with Crippen molar-refractivity contribution in [1.29, 1.82) is 0 Å². The van der Waals surface area contributed by atoms with Gasteiger partial charge in [0.15, 0.2) is 5.13 Å². The van der Waals surface area contributed by atoms with Gasteiger partial charge in [0.25, 0.3) is 0 Å². The lowest BCUT2D eigenvalue weighted by Crippen LogP contribution is -2.29. The molecule has 4 nitrogen and oxygen atoms in total. The molecule has 6 heteroatoms. The number of amides is 1. The summed E-state index contributed by atoms with van der Waals surface area (Å²) in [5.74, 6) is -0.0220. The fraction of sp³-hybridized carbons (Fsp3) is 0.412. The lowest BCUT2D eigenvalue weighted by atomic mass is 10.1. The molecule has 1 amide bonds. The highest BCUT2D eigenvalue weighted by molar-refractivity contribution is 9.10. The number of carbonyl (C=O) groups excluding carboxylic acids is 1. The topological polar surface area (TPSA) is 45.2 Å². The van der Waals surface area contributed by atoms with Crippen molar-refractivity contribution in [1.82, 2.24) is 9.88 Å². The standard InChI is InChI=1S/C17H20BrN3OS/c18-14-6-4-13(5-7-14)10-16(22)20-17-19-15(12-23-17)11-21-8-2-1-3-9-21/h4-7,12H,1-3,8-11H2,(H,19,20,22). The van der Waals surface area contributed by atoms with Crippen LogP contribution < -0.4 is 5.32 Å². The Morgan fingerprint density at radius 2 is 1.96 bits per heavy atom. The molecular weight excluding hydrogens is 374 g/mol. The molecule has 0 aliphatic carbocycles. The minimum absolute atomic E-state index is 0.0220. The molecule has 1 fully saturated rings. The van der Waals surface area contributed by atoms with E-state index in [1.54, 1.807) is 0 Å². The van der Waals surface area contributed by atoms with Crippen LogP contribution in [0.1, 0.15) is 30.5 Å². The summed E-state index contributed by atoms with van der Waals surface area (Å²) in [7, 11) is 0. The summed E-state index contributed by atoms with van der Waals surface area (Å²) in [6.45, 7) is 3.20. The molecule has 3 rings (SSSR count). The highest BCUT2D eigenvalue weighted by Gasteiger charge is 2.13. The number of thiazole rings is 1. The first-order valence-electron chi connectivity index (χ1n) is 7.90. The second-order valence-electron chi connectivity index (χ2n) is 5.83. The lowest BCUT2D eigenvalue weighted by molar-refractivity contribution is -0.115. The molecule has 0 radical (unpaired) electrons. The van der Waals surface area contributed by atoms with Gasteiger partial charge in [-0.3, -0.25) is 9.69 Å². The van der Waals surface area contributed by atoms with E-state index in [4.69, 9.17) is 0 Å². The number of aromatic nitrogens is 1. The molecule has 0 saturated carbocycles. The zero-order valence-corrected chi connectivity index (χ0v) is 15.3. The Balaban J connectivity index is 1.51. The molecule has 2 heterocycles. The van der Waals surface area contributed by atoms with Crippen LogP contribution >= 0.6 is 27.3 Å². The smallest absolute Gasteiger partial charge is 0.230 e. The third-order valence-electron chi connectivity index (χ3n) is 3.91. The number of anilines is 1. The third-order valence-corrected chi connectivity index (χ3v) is 5.25. The summed E-state index contributed by atoms with van der Waals surface area (Å²) in [6, 6.07) is 7.80. The maximum absolute atomic E-state index is 12.1. The van der Waals surface area contributed by atoms with Crippen LogP contribution in [0.4, 0.5) is 5.13 Å². The first kappa shape index (κ1) is 16.6. The molecule has 1 aromatic heterocycles. The number of halogens is 1. The zero-order valence-electron chi connectivity index (χ0n) is 12.9. The normalized spacial score (nSPS) is 15.5. The average Bonchev–Trinajstić information content (AvgIpc) is 2.97. The van der Waals surface area contributed by atoms with E-state index in [9.17, 15) is 4.79 Å². The maximum atomic E-state index is 12.1. The van der Waals surface area contributed by atoms with Crippen LogP contribution in [0.3, 0.4) is 0 Å². The molecular formula is C17H20BrN3OS. The summed E-state index contributed by atoms with van der Waals surface area (Å²) in [4.78, 5) is 19.1. The van der Waals surface area contributed by atoms with Gasteiger partial charge in [-0.1, -0.05) is 34.5 Å². The molecule has 1 aliphatic heterocycles. The monoisotopic (exact) mass is 393 g/mol. The third kappa shape index (κ3) is 5.12. The summed E-state index contributed by atoms with van der Waals surface area (Å²) in [5, 5.41) is 5.64. The van der Waals surface area contributed by atoms with Gasteiger partial charge < -0.3 is 5.32 Å². The van der Waals surface area contributed by atoms with E-state index in [2.05, 4.69) is 31.1 Å². The van der Waals surface area contributed by atoms with Crippen LogP contribution in [0.15, 0.2) is 34.1 Å². The van der Waals surface area contributed by atoms with Crippen molar-refractivity contribution >= 4 is 38.3 Å². The van der Waals surface area contributed by atoms with Crippen molar-refractivity contribution in [2.75, 3.05) is 18.4 Å². The van der Waals surface area contributed by atoms with Crippen molar-refractivity contribution in [3.63, 3.8) is 0 Å². The molecule has 122 valence electrons. The van der Waals surface area contributed by atoms with E-state index in [0.717, 1.165) is 35.4 Å². The Hall–Kier alpha value is -1.24. The number of likely N-dealkylation sites (tertiary alicyclic amines) is 1. The van der Waals surface area contributed by atoms with Crippen molar-refractivity contribution in [2.45, 2.75) is 32.2 Å². The van der Waals surface area contributed by atoms with Gasteiger partial charge in [0.2, 0.25) is 5.91 Å².